The van der Waals surface area contributed by atoms with Crippen LogP contribution in [0.3, 0.4) is 0 Å². The molecule has 1 aliphatic carbocycles. The molecule has 2 nitrogen and oxygen atoms in total. The van der Waals surface area contributed by atoms with E-state index in [0.717, 1.165) is 18.9 Å². The molecular weight excluding hydrogens is 174 g/mol. The Kier molecular flexibility index (Phi) is 2.73. The van der Waals surface area contributed by atoms with Gasteiger partial charge in [-0.3, -0.25) is 0 Å². The lowest BCUT2D eigenvalue weighted by atomic mass is 10.1. The first-order valence-electron chi connectivity index (χ1n) is 5.28. The van der Waals surface area contributed by atoms with Gasteiger partial charge in [0.15, 0.2) is 0 Å². The molecule has 0 heterocycles. The van der Waals surface area contributed by atoms with Crippen molar-refractivity contribution in [2.75, 3.05) is 13.2 Å². The van der Waals surface area contributed by atoms with E-state index >= 15 is 0 Å². The summed E-state index contributed by atoms with van der Waals surface area (Å²) >= 11 is 0. The predicted molar refractivity (Wildman–Crippen MR) is 57.5 cm³/mol. The van der Waals surface area contributed by atoms with Crippen LogP contribution in [0.1, 0.15) is 24.8 Å². The molecule has 1 aromatic carbocycles. The van der Waals surface area contributed by atoms with Gasteiger partial charge in [-0.15, -0.1) is 0 Å². The van der Waals surface area contributed by atoms with Crippen LogP contribution < -0.4 is 10.5 Å². The topological polar surface area (TPSA) is 35.2 Å². The molecule has 2 rings (SSSR count). The van der Waals surface area contributed by atoms with Crippen molar-refractivity contribution in [2.45, 2.75) is 19.3 Å². The van der Waals surface area contributed by atoms with Crippen molar-refractivity contribution in [1.82, 2.24) is 0 Å². The van der Waals surface area contributed by atoms with E-state index in [2.05, 4.69) is 12.1 Å². The van der Waals surface area contributed by atoms with Crippen LogP contribution in [-0.2, 0) is 0 Å². The molecule has 0 radical (unpaired) electrons. The molecule has 2 heteroatoms. The van der Waals surface area contributed by atoms with Gasteiger partial charge in [0.25, 0.3) is 0 Å². The van der Waals surface area contributed by atoms with Crippen molar-refractivity contribution < 1.29 is 4.74 Å². The molecule has 0 saturated heterocycles. The van der Waals surface area contributed by atoms with E-state index in [1.807, 2.05) is 19.1 Å². The van der Waals surface area contributed by atoms with E-state index in [1.165, 1.54) is 12.0 Å². The maximum absolute atomic E-state index is 5.64. The lowest BCUT2D eigenvalue weighted by molar-refractivity contribution is 0.336. The van der Waals surface area contributed by atoms with Gasteiger partial charge in [0.1, 0.15) is 5.75 Å². The van der Waals surface area contributed by atoms with Crippen LogP contribution in [0.4, 0.5) is 0 Å². The normalized spacial score (nSPS) is 24.7. The Hall–Kier alpha value is -1.02. The number of hydrogen-bond donors (Lipinski definition) is 1. The number of benzene rings is 1. The second-order valence-corrected chi connectivity index (χ2v) is 3.81. The summed E-state index contributed by atoms with van der Waals surface area (Å²) in [5.41, 5.74) is 6.98. The molecule has 1 aromatic rings. The molecular formula is C12H17NO. The van der Waals surface area contributed by atoms with Gasteiger partial charge in [-0.2, -0.15) is 0 Å². The number of nitrogens with two attached hydrogens (primary N) is 1. The minimum Gasteiger partial charge on any atom is -0.494 e. The summed E-state index contributed by atoms with van der Waals surface area (Å²) < 4.78 is 5.59. The zero-order valence-electron chi connectivity index (χ0n) is 8.57. The predicted octanol–water partition coefficient (Wildman–Crippen LogP) is 2.15. The van der Waals surface area contributed by atoms with E-state index in [-0.39, 0.29) is 0 Å². The minimum atomic E-state index is 0.641. The molecule has 0 unspecified atom stereocenters. The van der Waals surface area contributed by atoms with Crippen LogP contribution in [0.2, 0.25) is 0 Å². The second kappa shape index (κ2) is 4.01. The van der Waals surface area contributed by atoms with Crippen LogP contribution in [-0.4, -0.2) is 13.2 Å². The van der Waals surface area contributed by atoms with Gasteiger partial charge in [-0.1, -0.05) is 18.2 Å². The molecule has 76 valence electrons. The highest BCUT2D eigenvalue weighted by Gasteiger charge is 2.38. The molecule has 1 fully saturated rings. The average molecular weight is 191 g/mol. The van der Waals surface area contributed by atoms with E-state index in [0.29, 0.717) is 11.8 Å². The summed E-state index contributed by atoms with van der Waals surface area (Å²) in [6.45, 7) is 3.55. The van der Waals surface area contributed by atoms with Crippen molar-refractivity contribution in [3.05, 3.63) is 29.8 Å². The Morgan fingerprint density at radius 1 is 1.43 bits per heavy atom. The second-order valence-electron chi connectivity index (χ2n) is 3.81. The summed E-state index contributed by atoms with van der Waals surface area (Å²) in [7, 11) is 0. The highest BCUT2D eigenvalue weighted by molar-refractivity contribution is 5.39. The number of para-hydroxylation sites is 1. The third-order valence-corrected chi connectivity index (χ3v) is 2.84. The van der Waals surface area contributed by atoms with Crippen molar-refractivity contribution in [2.24, 2.45) is 11.7 Å². The van der Waals surface area contributed by atoms with Crippen molar-refractivity contribution in [1.29, 1.82) is 0 Å². The van der Waals surface area contributed by atoms with E-state index in [4.69, 9.17) is 10.5 Å². The lowest BCUT2D eigenvalue weighted by Crippen LogP contribution is -2.03. The first-order chi connectivity index (χ1) is 6.86. The van der Waals surface area contributed by atoms with Gasteiger partial charge < -0.3 is 10.5 Å². The van der Waals surface area contributed by atoms with Crippen molar-refractivity contribution in [3.8, 4) is 5.75 Å². The summed E-state index contributed by atoms with van der Waals surface area (Å²) in [6.07, 6.45) is 1.22. The van der Waals surface area contributed by atoms with E-state index in [9.17, 15) is 0 Å². The molecule has 0 aliphatic heterocycles. The van der Waals surface area contributed by atoms with Crippen LogP contribution >= 0.6 is 0 Å². The van der Waals surface area contributed by atoms with Gasteiger partial charge in [0.2, 0.25) is 0 Å². The fourth-order valence-electron chi connectivity index (χ4n) is 1.96. The summed E-state index contributed by atoms with van der Waals surface area (Å²) in [6, 6.07) is 8.30. The molecule has 2 atom stereocenters. The average Bonchev–Trinajstić information content (AvgIpc) is 2.98. The van der Waals surface area contributed by atoms with E-state index in [1.54, 1.807) is 0 Å². The minimum absolute atomic E-state index is 0.641. The van der Waals surface area contributed by atoms with Crippen molar-refractivity contribution in [3.63, 3.8) is 0 Å². The molecule has 1 saturated carbocycles. The maximum atomic E-state index is 5.64. The van der Waals surface area contributed by atoms with Crippen molar-refractivity contribution >= 4 is 0 Å². The summed E-state index contributed by atoms with van der Waals surface area (Å²) in [4.78, 5) is 0. The third kappa shape index (κ3) is 1.75. The standard InChI is InChI=1S/C12H17NO/c1-2-14-12-6-4-3-5-10(12)11-7-9(11)8-13/h3-6,9,11H,2,7-8,13H2,1H3/t9-,11+/m1/s1. The monoisotopic (exact) mass is 191 g/mol. The molecule has 0 bridgehead atoms. The Morgan fingerprint density at radius 2 is 2.21 bits per heavy atom. The SMILES string of the molecule is CCOc1ccccc1[C@H]1C[C@@H]1CN. The van der Waals surface area contributed by atoms with Gasteiger partial charge in [-0.25, -0.2) is 0 Å². The van der Waals surface area contributed by atoms with Gasteiger partial charge >= 0.3 is 0 Å². The Labute approximate surface area is 85.1 Å². The fraction of sp³-hybridized carbons (Fsp3) is 0.500. The number of rotatable bonds is 4. The van der Waals surface area contributed by atoms with Crippen LogP contribution in [0.25, 0.3) is 0 Å². The number of hydrogen-bond acceptors (Lipinski definition) is 2. The maximum Gasteiger partial charge on any atom is 0.122 e. The summed E-state index contributed by atoms with van der Waals surface area (Å²) in [5, 5.41) is 0. The molecule has 0 spiro atoms. The molecule has 14 heavy (non-hydrogen) atoms. The largest absolute Gasteiger partial charge is 0.494 e. The van der Waals surface area contributed by atoms with Crippen LogP contribution in [0.5, 0.6) is 5.75 Å². The fourth-order valence-corrected chi connectivity index (χ4v) is 1.96. The third-order valence-electron chi connectivity index (χ3n) is 2.84. The highest BCUT2D eigenvalue weighted by atomic mass is 16.5. The zero-order chi connectivity index (χ0) is 9.97. The summed E-state index contributed by atoms with van der Waals surface area (Å²) in [5.74, 6) is 2.36. The van der Waals surface area contributed by atoms with E-state index < -0.39 is 0 Å². The Balaban J connectivity index is 2.16. The quantitative estimate of drug-likeness (QED) is 0.791. The van der Waals surface area contributed by atoms with Crippen LogP contribution in [0, 0.1) is 5.92 Å². The smallest absolute Gasteiger partial charge is 0.122 e. The van der Waals surface area contributed by atoms with Crippen LogP contribution in [0.15, 0.2) is 24.3 Å². The first-order valence-corrected chi connectivity index (χ1v) is 5.28. The first kappa shape index (κ1) is 9.53. The zero-order valence-corrected chi connectivity index (χ0v) is 8.57. The molecule has 0 amide bonds. The lowest BCUT2D eigenvalue weighted by Gasteiger charge is -2.09. The Morgan fingerprint density at radius 3 is 2.86 bits per heavy atom. The molecule has 0 aromatic heterocycles. The van der Waals surface area contributed by atoms with Gasteiger partial charge in [-0.05, 0) is 43.4 Å². The van der Waals surface area contributed by atoms with Gasteiger partial charge in [0, 0.05) is 0 Å². The molecule has 1 aliphatic rings. The Bertz CT molecular complexity index is 311. The molecule has 2 N–H and O–H groups in total. The van der Waals surface area contributed by atoms with Gasteiger partial charge in [0.05, 0.1) is 6.61 Å². The number of ether oxygens (including phenoxy) is 1. The highest BCUT2D eigenvalue weighted by Crippen LogP contribution is 2.49.